The van der Waals surface area contributed by atoms with Crippen molar-refractivity contribution in [3.05, 3.63) is 212 Å². The van der Waals surface area contributed by atoms with Crippen molar-refractivity contribution in [2.45, 2.75) is 169 Å². The van der Waals surface area contributed by atoms with Gasteiger partial charge < -0.3 is 72.4 Å². The van der Waals surface area contributed by atoms with Crippen LogP contribution in [0.2, 0.25) is 15.1 Å². The van der Waals surface area contributed by atoms with Crippen LogP contribution in [-0.4, -0.2) is 149 Å². The summed E-state index contributed by atoms with van der Waals surface area (Å²) < 4.78 is 16.3. The van der Waals surface area contributed by atoms with Gasteiger partial charge in [-0.15, -0.1) is 12.4 Å². The Hall–Kier alpha value is -11.9. The number of pyridine rings is 5. The minimum absolute atomic E-state index is 0. The van der Waals surface area contributed by atoms with Gasteiger partial charge in [0, 0.05) is 39.1 Å². The van der Waals surface area contributed by atoms with E-state index < -0.39 is 74.5 Å². The van der Waals surface area contributed by atoms with E-state index in [1.807, 2.05) is 34.6 Å². The molecule has 40 heteroatoms. The summed E-state index contributed by atoms with van der Waals surface area (Å²) in [6.45, 7) is 25.3. The van der Waals surface area contributed by atoms with Crippen molar-refractivity contribution in [1.29, 1.82) is 0 Å². The molecule has 0 bridgehead atoms. The average Bonchev–Trinajstić information content (AvgIpc) is 1.63. The van der Waals surface area contributed by atoms with E-state index in [2.05, 4.69) is 66.8 Å². The second kappa shape index (κ2) is 39.7. The molecule has 4 aliphatic heterocycles. The number of hydrogen-bond acceptors (Lipinski definition) is 24. The Bertz CT molecular complexity index is 5180. The molecule has 11 N–H and O–H groups in total. The Morgan fingerprint density at radius 2 is 0.826 bits per heavy atom. The van der Waals surface area contributed by atoms with Crippen molar-refractivity contribution < 1.29 is 47.8 Å². The molecule has 7 amide bonds. The lowest BCUT2D eigenvalue weighted by Gasteiger charge is -2.33. The third-order valence-electron chi connectivity index (χ3n) is 16.7. The predicted molar refractivity (Wildman–Crippen MR) is 435 cm³/mol. The number of nitrogens with one attached hydrogen (secondary N) is 7. The predicted octanol–water partition coefficient (Wildman–Crippen LogP) is 8.75. The lowest BCUT2D eigenvalue weighted by atomic mass is 10.1. The van der Waals surface area contributed by atoms with E-state index in [1.54, 1.807) is 137 Å². The SMILES string of the molecule is CCCC(C)=O.CCCC1(C)NC(=O)c2ccc(Cl)c(=O)n21.CCCC1(C)NC(=O)c2ccc(Nc3ccncn3)c(=O)n21.CN(CC1(C)NC(=O)c2ccc(Cl)c(=O)n21)C(=O)OC(C)(C)C.CN(CC1(C)NC(=O)c2ccc(Nc3ccncn3)c(=O)n21)C(=O)OC(C)(C)C.Cl.NC(=O)c1ccc(Cl)c(=O)[nH]1.Nc1ccncn1. The Kier molecular flexibility index (Phi) is 32.4. The number of halogens is 4. The van der Waals surface area contributed by atoms with E-state index in [0.29, 0.717) is 47.4 Å². The maximum absolute atomic E-state index is 13.1. The number of nitrogens with zero attached hydrogens (tertiary/aromatic N) is 12. The van der Waals surface area contributed by atoms with Crippen LogP contribution in [-0.2, 0) is 36.9 Å². The second-order valence-corrected chi connectivity index (χ2v) is 30.2. The molecule has 0 radical (unpaired) electrons. The fourth-order valence-corrected chi connectivity index (χ4v) is 12.4. The Morgan fingerprint density at radius 1 is 0.487 bits per heavy atom. The highest BCUT2D eigenvalue weighted by atomic mass is 35.5. The number of nitrogen functional groups attached to an aromatic ring is 1. The minimum Gasteiger partial charge on any atom is -0.444 e. The number of aromatic nitrogens is 11. The van der Waals surface area contributed by atoms with Gasteiger partial charge >= 0.3 is 12.2 Å². The van der Waals surface area contributed by atoms with Gasteiger partial charge in [-0.2, -0.15) is 0 Å². The zero-order valence-corrected chi connectivity index (χ0v) is 69.4. The standard InChI is InChI=1S/C19H24N6O4.C15H20ClN3O4.C15H17N5O2.C11H13ClN2O2.C6H5ClN2O2.C5H10O.C4H5N3.ClH/c1-18(2,3)29-17(28)24(5)10-19(4)23-15(26)13-7-6-12(16(27)25(13)19)22-14-8-9-20-11-21-14;1-14(2,3)23-13(22)18(5)8-15(4)17-11(20)10-7-6-9(16)12(21)19(10)15;1-3-7-15(2)19-13(21)11-5-4-10(14(22)20(11)15)18-12-6-8-16-9-17-12;1-3-6-11(2)13-9(15)8-5-4-7(12)10(16)14(8)11;7-3-1-2-4(5(8)10)9-6(3)11;1-3-4-5(2)6;5-4-1-2-6-3-7-4;/h6-9,11H,10H2,1-5H3,(H,23,26)(H,20,21,22);6-7H,8H2,1-5H3,(H,17,20);4-6,8-9H,3,7H2,1-2H3,(H,19,21)(H,16,17,18);4-5H,3,6H2,1-2H3,(H,13,15);1-2H,(H2,8,10)(H,9,11);3-4H2,1-2H3;1-3H,(H2,5,6,7);1H. The van der Waals surface area contributed by atoms with Crippen molar-refractivity contribution in [3.63, 3.8) is 0 Å². The van der Waals surface area contributed by atoms with E-state index >= 15 is 0 Å². The van der Waals surface area contributed by atoms with Crippen molar-refractivity contribution in [2.24, 2.45) is 5.73 Å². The van der Waals surface area contributed by atoms with Crippen LogP contribution in [0.25, 0.3) is 0 Å². The smallest absolute Gasteiger partial charge is 0.410 e. The molecule has 115 heavy (non-hydrogen) atoms. The number of ketones is 1. The molecular formula is C75H95Cl4N21O15. The Labute approximate surface area is 682 Å². The fourth-order valence-electron chi connectivity index (χ4n) is 12.0. The second-order valence-electron chi connectivity index (χ2n) is 29.0. The molecule has 8 aromatic heterocycles. The van der Waals surface area contributed by atoms with Crippen LogP contribution in [0, 0.1) is 0 Å². The largest absolute Gasteiger partial charge is 0.444 e. The van der Waals surface area contributed by atoms with Gasteiger partial charge in [0.25, 0.3) is 57.3 Å². The van der Waals surface area contributed by atoms with Gasteiger partial charge in [0.2, 0.25) is 0 Å². The van der Waals surface area contributed by atoms with Gasteiger partial charge in [-0.1, -0.05) is 68.4 Å². The topological polar surface area (TPSA) is 484 Å². The number of carbonyl (C=O) groups excluding carboxylic acids is 8. The fraction of sp³-hybridized carbons (Fsp3) is 0.400. The third-order valence-corrected chi connectivity index (χ3v) is 17.5. The number of fused-ring (bicyclic) bond motifs is 4. The summed E-state index contributed by atoms with van der Waals surface area (Å²) in [7, 11) is 3.09. The number of Topliss-reactive ketones (excluding diaryl/α,β-unsaturated/α-hetero) is 1. The number of nitrogens with two attached hydrogens (primary N) is 2. The summed E-state index contributed by atoms with van der Waals surface area (Å²) in [6, 6.07) is 19.9. The molecule has 0 fully saturated rings. The highest BCUT2D eigenvalue weighted by molar-refractivity contribution is 6.31. The number of H-pyrrole nitrogens is 1. The normalized spacial score (nSPS) is 17.4. The monoisotopic (exact) mass is 1670 g/mol. The maximum atomic E-state index is 13.1. The molecule has 4 unspecified atom stereocenters. The van der Waals surface area contributed by atoms with Gasteiger partial charge in [-0.25, -0.2) is 39.5 Å². The third kappa shape index (κ3) is 24.6. The summed E-state index contributed by atoms with van der Waals surface area (Å²) in [5.74, 6) is -0.128. The first-order valence-electron chi connectivity index (χ1n) is 35.6. The van der Waals surface area contributed by atoms with E-state index in [0.717, 1.165) is 25.7 Å². The number of rotatable bonds is 15. The molecule has 0 spiro atoms. The van der Waals surface area contributed by atoms with Crippen LogP contribution in [0.4, 0.5) is 38.4 Å². The number of aromatic amines is 1. The molecule has 4 aliphatic rings. The number of anilines is 5. The first kappa shape index (κ1) is 93.7. The zero-order valence-electron chi connectivity index (χ0n) is 66.3. The molecule has 36 nitrogen and oxygen atoms in total. The van der Waals surface area contributed by atoms with Crippen LogP contribution in [0.15, 0.2) is 140 Å². The molecule has 0 saturated carbocycles. The first-order valence-corrected chi connectivity index (χ1v) is 36.7. The van der Waals surface area contributed by atoms with Gasteiger partial charge in [0.05, 0.1) is 13.1 Å². The van der Waals surface area contributed by atoms with Crippen LogP contribution in [0.5, 0.6) is 0 Å². The molecule has 0 saturated heterocycles. The van der Waals surface area contributed by atoms with Crippen LogP contribution in [0.3, 0.4) is 0 Å². The quantitative estimate of drug-likeness (QED) is 0.0463. The molecule has 12 heterocycles. The van der Waals surface area contributed by atoms with Gasteiger partial charge in [0.1, 0.15) is 131 Å². The first-order chi connectivity index (χ1) is 53.3. The van der Waals surface area contributed by atoms with Gasteiger partial charge in [-0.05, 0) is 174 Å². The number of primary amides is 1. The maximum Gasteiger partial charge on any atom is 0.410 e. The van der Waals surface area contributed by atoms with Gasteiger partial charge in [0.15, 0.2) is 0 Å². The summed E-state index contributed by atoms with van der Waals surface area (Å²) in [4.78, 5) is 182. The molecule has 0 aliphatic carbocycles. The summed E-state index contributed by atoms with van der Waals surface area (Å²) in [5.41, 5.74) is 5.10. The summed E-state index contributed by atoms with van der Waals surface area (Å²) >= 11 is 17.1. The molecule has 12 rings (SSSR count). The van der Waals surface area contributed by atoms with Crippen molar-refractivity contribution in [3.8, 4) is 0 Å². The van der Waals surface area contributed by atoms with Gasteiger partial charge in [-0.3, -0.25) is 66.2 Å². The van der Waals surface area contributed by atoms with Crippen molar-refractivity contribution in [1.82, 2.24) is 84.2 Å². The Morgan fingerprint density at radius 3 is 1.12 bits per heavy atom. The van der Waals surface area contributed by atoms with E-state index in [1.165, 1.54) is 83.4 Å². The number of likely N-dealkylation sites (N-methyl/N-ethyl adjacent to an activating group) is 2. The number of ether oxygens (including phenoxy) is 2. The number of hydrogen-bond donors (Lipinski definition) is 9. The highest BCUT2D eigenvalue weighted by Gasteiger charge is 2.45. The number of amides is 7. The zero-order chi connectivity index (χ0) is 85.2. The molecular weight excluding hydrogens is 1580 g/mol. The molecule has 0 aromatic carbocycles. The lowest BCUT2D eigenvalue weighted by Crippen LogP contribution is -2.53. The van der Waals surface area contributed by atoms with Crippen LogP contribution in [0.1, 0.15) is 188 Å². The average molecular weight is 1670 g/mol. The van der Waals surface area contributed by atoms with E-state index in [4.69, 9.17) is 55.7 Å². The highest BCUT2D eigenvalue weighted by Crippen LogP contribution is 2.30. The lowest BCUT2D eigenvalue weighted by molar-refractivity contribution is -0.117. The molecule has 4 atom stereocenters. The number of carbonyl (C=O) groups is 8. The summed E-state index contributed by atoms with van der Waals surface area (Å²) in [6.07, 6.45) is 12.6. The van der Waals surface area contributed by atoms with E-state index in [-0.39, 0.29) is 98.0 Å². The summed E-state index contributed by atoms with van der Waals surface area (Å²) in [5, 5.41) is 17.3. The van der Waals surface area contributed by atoms with Crippen LogP contribution < -0.4 is 71.2 Å². The van der Waals surface area contributed by atoms with Crippen molar-refractivity contribution >= 4 is 124 Å². The van der Waals surface area contributed by atoms with E-state index in [9.17, 15) is 62.3 Å². The molecule has 618 valence electrons. The van der Waals surface area contributed by atoms with Crippen LogP contribution >= 0.6 is 47.2 Å². The minimum atomic E-state index is -1.14. The Balaban J connectivity index is 0.000000251. The van der Waals surface area contributed by atoms with Crippen molar-refractivity contribution in [2.75, 3.05) is 43.6 Å². The molecule has 8 aromatic rings.